The molecule has 0 aliphatic rings. The van der Waals surface area contributed by atoms with Crippen molar-refractivity contribution in [1.29, 1.82) is 0 Å². The summed E-state index contributed by atoms with van der Waals surface area (Å²) in [5, 5.41) is 0. The largest absolute Gasteiger partial charge is 0.469 e. The van der Waals surface area contributed by atoms with Gasteiger partial charge in [-0.05, 0) is 18.8 Å². The number of hydrogen-bond acceptors (Lipinski definition) is 6. The van der Waals surface area contributed by atoms with Crippen molar-refractivity contribution in [3.05, 3.63) is 0 Å². The Morgan fingerprint density at radius 1 is 0.520 bits per heavy atom. The highest BCUT2D eigenvalue weighted by Crippen LogP contribution is 2.36. The highest BCUT2D eigenvalue weighted by Gasteiger charge is 2.23. The summed E-state index contributed by atoms with van der Waals surface area (Å²) < 4.78 is 26.3. The fourth-order valence-electron chi connectivity index (χ4n) is 6.35. The van der Waals surface area contributed by atoms with E-state index in [2.05, 4.69) is 25.3 Å². The van der Waals surface area contributed by atoms with Crippen molar-refractivity contribution in [1.82, 2.24) is 0 Å². The van der Waals surface area contributed by atoms with E-state index in [0.717, 1.165) is 44.4 Å². The Hall–Kier alpha value is -0.950. The molecule has 9 heteroatoms. The summed E-state index contributed by atoms with van der Waals surface area (Å²) in [7, 11) is -4.74. The monoisotopic (exact) mass is 733 g/mol. The summed E-state index contributed by atoms with van der Waals surface area (Å²) in [6.45, 7) is 6.08. The minimum Gasteiger partial charge on any atom is -0.462 e. The van der Waals surface area contributed by atoms with E-state index in [4.69, 9.17) is 19.3 Å². The Morgan fingerprint density at radius 2 is 0.880 bits per heavy atom. The Kier molecular flexibility index (Phi) is 35.7. The van der Waals surface area contributed by atoms with Crippen LogP contribution in [0.5, 0.6) is 0 Å². The van der Waals surface area contributed by atoms with E-state index in [0.29, 0.717) is 6.42 Å². The Morgan fingerprint density at radius 3 is 1.26 bits per heavy atom. The summed E-state index contributed by atoms with van der Waals surface area (Å²) in [5.41, 5.74) is 0. The molecule has 0 aromatic carbocycles. The molecule has 0 fully saturated rings. The van der Waals surface area contributed by atoms with Crippen LogP contribution in [-0.2, 0) is 28.2 Å². The first kappa shape index (κ1) is 49.0. The van der Waals surface area contributed by atoms with Gasteiger partial charge in [-0.15, -0.1) is 0 Å². The predicted molar refractivity (Wildman–Crippen MR) is 207 cm³/mol. The zero-order valence-electron chi connectivity index (χ0n) is 33.0. The van der Waals surface area contributed by atoms with Gasteiger partial charge in [-0.2, -0.15) is 0 Å². The van der Waals surface area contributed by atoms with Crippen molar-refractivity contribution >= 4 is 19.8 Å². The molecule has 298 valence electrons. The molecule has 0 aromatic rings. The van der Waals surface area contributed by atoms with Gasteiger partial charge >= 0.3 is 19.8 Å². The predicted octanol–water partition coefficient (Wildman–Crippen LogP) is 12.7. The van der Waals surface area contributed by atoms with Gasteiger partial charge in [-0.3, -0.25) is 14.1 Å². The maximum atomic E-state index is 12.3. The minimum atomic E-state index is -4.74. The molecule has 0 rings (SSSR count). The SMILES string of the molecule is CCCCCCCCCCCCC(=O)O[C@H](COC(=O)CCCCCCCCCCCCCCCCCCCCC(C)CC)COP(=O)(O)O. The third kappa shape index (κ3) is 38.3. The molecular weight excluding hydrogens is 651 g/mol. The standard InChI is InChI=1S/C41H81O8P/c1-4-6-7-8-9-10-22-26-29-32-35-41(43)49-39(37-48-50(44,45)46)36-47-40(42)34-31-28-25-23-20-18-16-14-12-11-13-15-17-19-21-24-27-30-33-38(3)5-2/h38-39H,4-37H2,1-3H3,(H2,44,45,46)/t38?,39-/m1/s1. The van der Waals surface area contributed by atoms with Crippen molar-refractivity contribution in [3.8, 4) is 0 Å². The zero-order valence-corrected chi connectivity index (χ0v) is 33.9. The Labute approximate surface area is 308 Å². The van der Waals surface area contributed by atoms with Crippen molar-refractivity contribution in [2.75, 3.05) is 13.2 Å². The molecule has 0 aliphatic heterocycles. The second-order valence-corrected chi connectivity index (χ2v) is 16.2. The molecule has 0 saturated heterocycles. The van der Waals surface area contributed by atoms with Gasteiger partial charge in [-0.25, -0.2) is 4.57 Å². The van der Waals surface area contributed by atoms with Crippen molar-refractivity contribution in [2.24, 2.45) is 5.92 Å². The number of esters is 2. The van der Waals surface area contributed by atoms with E-state index in [1.165, 1.54) is 148 Å². The van der Waals surface area contributed by atoms with E-state index >= 15 is 0 Å². The summed E-state index contributed by atoms with van der Waals surface area (Å²) in [6.07, 6.45) is 36.9. The molecule has 0 bridgehead atoms. The number of hydrogen-bond donors (Lipinski definition) is 2. The maximum Gasteiger partial charge on any atom is 0.469 e. The molecule has 0 aromatic heterocycles. The van der Waals surface area contributed by atoms with E-state index < -0.39 is 32.5 Å². The second kappa shape index (κ2) is 36.4. The van der Waals surface area contributed by atoms with Gasteiger partial charge in [-0.1, -0.05) is 201 Å². The molecule has 0 radical (unpaired) electrons. The molecule has 0 heterocycles. The summed E-state index contributed by atoms with van der Waals surface area (Å²) >= 11 is 0. The first-order chi connectivity index (χ1) is 24.2. The average molecular weight is 733 g/mol. The van der Waals surface area contributed by atoms with Gasteiger partial charge in [0.15, 0.2) is 6.10 Å². The van der Waals surface area contributed by atoms with Crippen molar-refractivity contribution in [2.45, 2.75) is 232 Å². The number of ether oxygens (including phenoxy) is 2. The number of unbranched alkanes of at least 4 members (excludes halogenated alkanes) is 26. The van der Waals surface area contributed by atoms with Crippen LogP contribution in [0, 0.1) is 5.92 Å². The lowest BCUT2D eigenvalue weighted by Crippen LogP contribution is -2.29. The third-order valence-electron chi connectivity index (χ3n) is 9.92. The van der Waals surface area contributed by atoms with Crippen molar-refractivity contribution in [3.63, 3.8) is 0 Å². The summed E-state index contributed by atoms with van der Waals surface area (Å²) in [6, 6.07) is 0. The number of phosphoric ester groups is 1. The number of phosphoric acid groups is 1. The van der Waals surface area contributed by atoms with Crippen LogP contribution in [0.1, 0.15) is 226 Å². The lowest BCUT2D eigenvalue weighted by molar-refractivity contribution is -0.161. The molecule has 2 N–H and O–H groups in total. The molecule has 0 spiro atoms. The third-order valence-corrected chi connectivity index (χ3v) is 10.4. The average Bonchev–Trinajstić information content (AvgIpc) is 3.08. The van der Waals surface area contributed by atoms with E-state index in [1.54, 1.807) is 0 Å². The first-order valence-electron chi connectivity index (χ1n) is 21.2. The molecule has 0 saturated carbocycles. The zero-order chi connectivity index (χ0) is 37.0. The normalized spacial score (nSPS) is 13.0. The minimum absolute atomic E-state index is 0.218. The highest BCUT2D eigenvalue weighted by molar-refractivity contribution is 7.46. The van der Waals surface area contributed by atoms with Gasteiger partial charge in [0.05, 0.1) is 6.61 Å². The summed E-state index contributed by atoms with van der Waals surface area (Å²) in [5.74, 6) is 0.0302. The number of carbonyl (C=O) groups is 2. The lowest BCUT2D eigenvalue weighted by Gasteiger charge is -2.18. The summed E-state index contributed by atoms with van der Waals surface area (Å²) in [4.78, 5) is 42.7. The van der Waals surface area contributed by atoms with Gasteiger partial charge in [0.25, 0.3) is 0 Å². The van der Waals surface area contributed by atoms with Gasteiger partial charge in [0.1, 0.15) is 6.61 Å². The van der Waals surface area contributed by atoms with Gasteiger partial charge < -0.3 is 19.3 Å². The molecule has 0 amide bonds. The molecular formula is C41H81O8P. The fourth-order valence-corrected chi connectivity index (χ4v) is 6.71. The first-order valence-corrected chi connectivity index (χ1v) is 22.8. The Bertz CT molecular complexity index is 801. The lowest BCUT2D eigenvalue weighted by atomic mass is 9.99. The van der Waals surface area contributed by atoms with Crippen LogP contribution >= 0.6 is 7.82 Å². The highest BCUT2D eigenvalue weighted by atomic mass is 31.2. The van der Waals surface area contributed by atoms with Gasteiger partial charge in [0.2, 0.25) is 0 Å². The Balaban J connectivity index is 3.77. The molecule has 8 nitrogen and oxygen atoms in total. The number of rotatable bonds is 39. The van der Waals surface area contributed by atoms with Crippen LogP contribution < -0.4 is 0 Å². The number of carbonyl (C=O) groups excluding carboxylic acids is 2. The molecule has 1 unspecified atom stereocenters. The molecule has 50 heavy (non-hydrogen) atoms. The van der Waals surface area contributed by atoms with Crippen LogP contribution in [0.3, 0.4) is 0 Å². The van der Waals surface area contributed by atoms with Crippen LogP contribution in [0.15, 0.2) is 0 Å². The van der Waals surface area contributed by atoms with Crippen LogP contribution in [0.4, 0.5) is 0 Å². The topological polar surface area (TPSA) is 119 Å². The second-order valence-electron chi connectivity index (χ2n) is 14.9. The fraction of sp³-hybridized carbons (Fsp3) is 0.951. The maximum absolute atomic E-state index is 12.3. The van der Waals surface area contributed by atoms with Crippen LogP contribution in [0.25, 0.3) is 0 Å². The van der Waals surface area contributed by atoms with Crippen molar-refractivity contribution < 1.29 is 37.9 Å². The van der Waals surface area contributed by atoms with Crippen LogP contribution in [0.2, 0.25) is 0 Å². The molecule has 2 atom stereocenters. The smallest absolute Gasteiger partial charge is 0.462 e. The van der Waals surface area contributed by atoms with E-state index in [-0.39, 0.29) is 19.4 Å². The van der Waals surface area contributed by atoms with E-state index in [9.17, 15) is 14.2 Å². The van der Waals surface area contributed by atoms with Gasteiger partial charge in [0, 0.05) is 12.8 Å². The molecule has 0 aliphatic carbocycles. The van der Waals surface area contributed by atoms with E-state index in [1.807, 2.05) is 0 Å². The quantitative estimate of drug-likeness (QED) is 0.0364. The van der Waals surface area contributed by atoms with Crippen LogP contribution in [-0.4, -0.2) is 41.0 Å².